The first-order valence-corrected chi connectivity index (χ1v) is 5.75. The molecule has 94 valence electrons. The molecule has 0 bridgehead atoms. The maximum atomic E-state index is 11.9. The van der Waals surface area contributed by atoms with Crippen molar-refractivity contribution in [3.8, 4) is 5.75 Å². The summed E-state index contributed by atoms with van der Waals surface area (Å²) in [4.78, 5) is 11.9. The molecular formula is C14H15NO3. The summed E-state index contributed by atoms with van der Waals surface area (Å²) in [5.74, 6) is -0.448. The SMILES string of the molecule is CC(CO)NC(=O)c1cc2ccccc2cc1O. The Hall–Kier alpha value is -2.07. The molecule has 0 heterocycles. The molecule has 0 saturated heterocycles. The van der Waals surface area contributed by atoms with Crippen molar-refractivity contribution >= 4 is 16.7 Å². The van der Waals surface area contributed by atoms with E-state index in [0.717, 1.165) is 10.8 Å². The number of fused-ring (bicyclic) bond motifs is 1. The van der Waals surface area contributed by atoms with Crippen molar-refractivity contribution in [3.05, 3.63) is 42.0 Å². The predicted octanol–water partition coefficient (Wildman–Crippen LogP) is 1.66. The van der Waals surface area contributed by atoms with E-state index in [1.165, 1.54) is 0 Å². The van der Waals surface area contributed by atoms with Gasteiger partial charge in [0.15, 0.2) is 0 Å². The lowest BCUT2D eigenvalue weighted by Gasteiger charge is -2.12. The van der Waals surface area contributed by atoms with Crippen molar-refractivity contribution in [1.82, 2.24) is 5.32 Å². The average Bonchev–Trinajstić information content (AvgIpc) is 2.37. The third kappa shape index (κ3) is 2.43. The van der Waals surface area contributed by atoms with Crippen LogP contribution in [-0.2, 0) is 0 Å². The normalized spacial score (nSPS) is 12.3. The Labute approximate surface area is 105 Å². The number of carbonyl (C=O) groups is 1. The Kier molecular flexibility index (Phi) is 3.48. The maximum Gasteiger partial charge on any atom is 0.255 e. The van der Waals surface area contributed by atoms with Crippen LogP contribution in [-0.4, -0.2) is 28.8 Å². The molecule has 4 heteroatoms. The number of aliphatic hydroxyl groups is 1. The summed E-state index contributed by atoms with van der Waals surface area (Å²) < 4.78 is 0. The van der Waals surface area contributed by atoms with Gasteiger partial charge in [-0.25, -0.2) is 0 Å². The third-order valence-corrected chi connectivity index (χ3v) is 2.76. The first-order valence-electron chi connectivity index (χ1n) is 5.75. The quantitative estimate of drug-likeness (QED) is 0.770. The van der Waals surface area contributed by atoms with E-state index < -0.39 is 0 Å². The lowest BCUT2D eigenvalue weighted by atomic mass is 10.1. The van der Waals surface area contributed by atoms with E-state index >= 15 is 0 Å². The zero-order chi connectivity index (χ0) is 13.1. The summed E-state index contributed by atoms with van der Waals surface area (Å²) in [6, 6.07) is 10.3. The first-order chi connectivity index (χ1) is 8.61. The lowest BCUT2D eigenvalue weighted by molar-refractivity contribution is 0.0920. The second-order valence-corrected chi connectivity index (χ2v) is 4.27. The number of amides is 1. The van der Waals surface area contributed by atoms with Crippen LogP contribution in [0.15, 0.2) is 36.4 Å². The van der Waals surface area contributed by atoms with E-state index in [4.69, 9.17) is 5.11 Å². The maximum absolute atomic E-state index is 11.9. The number of carbonyl (C=O) groups excluding carboxylic acids is 1. The Morgan fingerprint density at radius 2 is 1.89 bits per heavy atom. The molecule has 0 radical (unpaired) electrons. The van der Waals surface area contributed by atoms with E-state index in [0.29, 0.717) is 0 Å². The Morgan fingerprint density at radius 1 is 1.28 bits per heavy atom. The predicted molar refractivity (Wildman–Crippen MR) is 69.6 cm³/mol. The van der Waals surface area contributed by atoms with Crippen molar-refractivity contribution in [2.45, 2.75) is 13.0 Å². The number of aliphatic hydroxyl groups excluding tert-OH is 1. The van der Waals surface area contributed by atoms with E-state index in [-0.39, 0.29) is 29.9 Å². The number of rotatable bonds is 3. The van der Waals surface area contributed by atoms with E-state index in [1.807, 2.05) is 24.3 Å². The molecule has 1 unspecified atom stereocenters. The highest BCUT2D eigenvalue weighted by atomic mass is 16.3. The molecule has 0 aliphatic carbocycles. The van der Waals surface area contributed by atoms with Crippen LogP contribution in [0.3, 0.4) is 0 Å². The minimum atomic E-state index is -0.389. The van der Waals surface area contributed by atoms with Crippen LogP contribution < -0.4 is 5.32 Å². The summed E-state index contributed by atoms with van der Waals surface area (Å²) in [6.45, 7) is 1.55. The largest absolute Gasteiger partial charge is 0.507 e. The molecule has 0 spiro atoms. The zero-order valence-corrected chi connectivity index (χ0v) is 10.1. The van der Waals surface area contributed by atoms with Gasteiger partial charge in [0.05, 0.1) is 12.2 Å². The highest BCUT2D eigenvalue weighted by Gasteiger charge is 2.14. The standard InChI is InChI=1S/C14H15NO3/c1-9(8-16)15-14(18)12-6-10-4-2-3-5-11(10)7-13(12)17/h2-7,9,16-17H,8H2,1H3,(H,15,18). The fourth-order valence-electron chi connectivity index (χ4n) is 1.76. The van der Waals surface area contributed by atoms with Crippen LogP contribution in [0.25, 0.3) is 10.8 Å². The van der Waals surface area contributed by atoms with Crippen LogP contribution >= 0.6 is 0 Å². The molecule has 0 aromatic heterocycles. The van der Waals surface area contributed by atoms with Gasteiger partial charge < -0.3 is 15.5 Å². The fraction of sp³-hybridized carbons (Fsp3) is 0.214. The average molecular weight is 245 g/mol. The number of phenols is 1. The van der Waals surface area contributed by atoms with Gasteiger partial charge in [0.1, 0.15) is 5.75 Å². The molecule has 3 N–H and O–H groups in total. The summed E-state index contributed by atoms with van der Waals surface area (Å²) in [6.07, 6.45) is 0. The van der Waals surface area contributed by atoms with Gasteiger partial charge >= 0.3 is 0 Å². The molecule has 4 nitrogen and oxygen atoms in total. The first kappa shape index (κ1) is 12.4. The van der Waals surface area contributed by atoms with Crippen molar-refractivity contribution in [2.24, 2.45) is 0 Å². The highest BCUT2D eigenvalue weighted by Crippen LogP contribution is 2.24. The van der Waals surface area contributed by atoms with E-state index in [9.17, 15) is 9.90 Å². The number of aromatic hydroxyl groups is 1. The number of nitrogens with one attached hydrogen (secondary N) is 1. The molecule has 1 atom stereocenters. The van der Waals surface area contributed by atoms with Crippen molar-refractivity contribution in [1.29, 1.82) is 0 Å². The van der Waals surface area contributed by atoms with Gasteiger partial charge in [0.2, 0.25) is 0 Å². The van der Waals surface area contributed by atoms with Gasteiger partial charge in [0.25, 0.3) is 5.91 Å². The van der Waals surface area contributed by atoms with Gasteiger partial charge in [-0.1, -0.05) is 24.3 Å². The number of phenolic OH excluding ortho intramolecular Hbond substituents is 1. The monoisotopic (exact) mass is 245 g/mol. The minimum absolute atomic E-state index is 0.0589. The second-order valence-electron chi connectivity index (χ2n) is 4.27. The topological polar surface area (TPSA) is 69.6 Å². The molecule has 0 fully saturated rings. The molecule has 18 heavy (non-hydrogen) atoms. The van der Waals surface area contributed by atoms with Gasteiger partial charge in [-0.2, -0.15) is 0 Å². The number of benzene rings is 2. The molecule has 0 aliphatic rings. The van der Waals surface area contributed by atoms with Crippen LogP contribution in [0, 0.1) is 0 Å². The molecule has 2 aromatic rings. The lowest BCUT2D eigenvalue weighted by Crippen LogP contribution is -2.35. The van der Waals surface area contributed by atoms with Gasteiger partial charge in [0, 0.05) is 6.04 Å². The van der Waals surface area contributed by atoms with Crippen molar-refractivity contribution in [2.75, 3.05) is 6.61 Å². The zero-order valence-electron chi connectivity index (χ0n) is 10.1. The fourth-order valence-corrected chi connectivity index (χ4v) is 1.76. The Morgan fingerprint density at radius 3 is 2.50 bits per heavy atom. The summed E-state index contributed by atoms with van der Waals surface area (Å²) in [5, 5.41) is 23.1. The molecule has 2 rings (SSSR count). The van der Waals surface area contributed by atoms with Gasteiger partial charge in [-0.3, -0.25) is 4.79 Å². The Bertz CT molecular complexity index is 580. The number of hydrogen-bond acceptors (Lipinski definition) is 3. The van der Waals surface area contributed by atoms with E-state index in [1.54, 1.807) is 19.1 Å². The summed E-state index contributed by atoms with van der Waals surface area (Å²) in [7, 11) is 0. The van der Waals surface area contributed by atoms with Gasteiger partial charge in [-0.15, -0.1) is 0 Å². The van der Waals surface area contributed by atoms with Gasteiger partial charge in [-0.05, 0) is 29.8 Å². The van der Waals surface area contributed by atoms with Crippen LogP contribution in [0.1, 0.15) is 17.3 Å². The Balaban J connectivity index is 2.38. The van der Waals surface area contributed by atoms with Crippen LogP contribution in [0.5, 0.6) is 5.75 Å². The molecule has 0 saturated carbocycles. The summed E-state index contributed by atoms with van der Waals surface area (Å²) in [5.41, 5.74) is 0.217. The molecule has 2 aromatic carbocycles. The molecule has 1 amide bonds. The molecule has 0 aliphatic heterocycles. The minimum Gasteiger partial charge on any atom is -0.507 e. The summed E-state index contributed by atoms with van der Waals surface area (Å²) >= 11 is 0. The van der Waals surface area contributed by atoms with Crippen LogP contribution in [0.4, 0.5) is 0 Å². The van der Waals surface area contributed by atoms with Crippen molar-refractivity contribution in [3.63, 3.8) is 0 Å². The highest BCUT2D eigenvalue weighted by molar-refractivity contribution is 6.01. The number of hydrogen-bond donors (Lipinski definition) is 3. The third-order valence-electron chi connectivity index (χ3n) is 2.76. The van der Waals surface area contributed by atoms with Crippen molar-refractivity contribution < 1.29 is 15.0 Å². The second kappa shape index (κ2) is 5.06. The van der Waals surface area contributed by atoms with E-state index in [2.05, 4.69) is 5.32 Å². The smallest absolute Gasteiger partial charge is 0.255 e. The molecular weight excluding hydrogens is 230 g/mol. The van der Waals surface area contributed by atoms with Crippen LogP contribution in [0.2, 0.25) is 0 Å².